The number of aryl methyl sites for hydroxylation is 2. The van der Waals surface area contributed by atoms with E-state index in [1.165, 1.54) is 16.7 Å². The summed E-state index contributed by atoms with van der Waals surface area (Å²) in [6, 6.07) is 12.5. The number of rotatable bonds is 3. The molecule has 3 heteroatoms. The van der Waals surface area contributed by atoms with E-state index in [2.05, 4.69) is 54.0 Å². The first-order valence-corrected chi connectivity index (χ1v) is 7.58. The second-order valence-electron chi connectivity index (χ2n) is 4.34. The van der Waals surface area contributed by atoms with Crippen molar-refractivity contribution in [2.45, 2.75) is 24.5 Å². The van der Waals surface area contributed by atoms with Gasteiger partial charge < -0.3 is 5.73 Å². The van der Waals surface area contributed by atoms with Gasteiger partial charge >= 0.3 is 0 Å². The van der Waals surface area contributed by atoms with E-state index in [0.29, 0.717) is 0 Å². The molecule has 0 radical (unpaired) electrons. The third-order valence-corrected chi connectivity index (χ3v) is 4.60. The zero-order valence-corrected chi connectivity index (χ0v) is 12.9. The first-order valence-electron chi connectivity index (χ1n) is 5.81. The molecule has 0 aromatic heterocycles. The van der Waals surface area contributed by atoms with Gasteiger partial charge in [-0.05, 0) is 48.7 Å². The van der Waals surface area contributed by atoms with Crippen LogP contribution in [0, 0.1) is 13.8 Å². The Balaban J connectivity index is 2.16. The Kier molecular flexibility index (Phi) is 4.36. The summed E-state index contributed by atoms with van der Waals surface area (Å²) >= 11 is 5.22. The number of thioether (sulfide) groups is 1. The number of nitrogens with two attached hydrogens (primary N) is 1. The maximum Gasteiger partial charge on any atom is 0.0463 e. The lowest BCUT2D eigenvalue weighted by molar-refractivity contribution is 1.24. The summed E-state index contributed by atoms with van der Waals surface area (Å²) in [6.07, 6.45) is 0. The largest absolute Gasteiger partial charge is 0.398 e. The monoisotopic (exact) mass is 321 g/mol. The smallest absolute Gasteiger partial charge is 0.0463 e. The van der Waals surface area contributed by atoms with Crippen LogP contribution in [-0.2, 0) is 5.75 Å². The lowest BCUT2D eigenvalue weighted by Crippen LogP contribution is -1.93. The fraction of sp³-hybridized carbons (Fsp3) is 0.200. The summed E-state index contributed by atoms with van der Waals surface area (Å²) < 4.78 is 1.02. The molecular weight excluding hydrogens is 306 g/mol. The van der Waals surface area contributed by atoms with E-state index in [1.807, 2.05) is 12.1 Å². The number of hydrogen-bond acceptors (Lipinski definition) is 2. The van der Waals surface area contributed by atoms with Gasteiger partial charge in [-0.2, -0.15) is 0 Å². The minimum absolute atomic E-state index is 0.834. The predicted octanol–water partition coefficient (Wildman–Crippen LogP) is 4.94. The average Bonchev–Trinajstić information content (AvgIpc) is 2.31. The third kappa shape index (κ3) is 3.09. The highest BCUT2D eigenvalue weighted by Crippen LogP contribution is 2.31. The molecular formula is C15H16BrNS. The molecule has 0 bridgehead atoms. The van der Waals surface area contributed by atoms with Crippen LogP contribution in [-0.4, -0.2) is 0 Å². The van der Waals surface area contributed by atoms with Crippen LogP contribution >= 0.6 is 27.7 Å². The van der Waals surface area contributed by atoms with Crippen molar-refractivity contribution in [3.63, 3.8) is 0 Å². The maximum atomic E-state index is 6.01. The van der Waals surface area contributed by atoms with Crippen molar-refractivity contribution >= 4 is 33.4 Å². The van der Waals surface area contributed by atoms with Crippen LogP contribution in [0.1, 0.15) is 16.7 Å². The number of halogens is 1. The molecule has 1 nitrogen and oxygen atoms in total. The summed E-state index contributed by atoms with van der Waals surface area (Å²) in [5.74, 6) is 0.963. The van der Waals surface area contributed by atoms with E-state index in [1.54, 1.807) is 11.8 Å². The molecule has 0 fully saturated rings. The molecule has 18 heavy (non-hydrogen) atoms. The maximum absolute atomic E-state index is 6.01. The van der Waals surface area contributed by atoms with Crippen LogP contribution in [0.25, 0.3) is 0 Å². The lowest BCUT2D eigenvalue weighted by Gasteiger charge is -2.10. The molecule has 0 aliphatic carbocycles. The minimum Gasteiger partial charge on any atom is -0.398 e. The van der Waals surface area contributed by atoms with E-state index < -0.39 is 0 Å². The quantitative estimate of drug-likeness (QED) is 0.640. The Hall–Kier alpha value is -0.930. The second kappa shape index (κ2) is 5.81. The fourth-order valence-corrected chi connectivity index (χ4v) is 3.40. The van der Waals surface area contributed by atoms with Gasteiger partial charge in [-0.25, -0.2) is 0 Å². The SMILES string of the molecule is Cc1cccc(C)c1CSc1ccc(Br)cc1N. The topological polar surface area (TPSA) is 26.0 Å². The average molecular weight is 322 g/mol. The van der Waals surface area contributed by atoms with Crippen molar-refractivity contribution in [2.75, 3.05) is 5.73 Å². The first kappa shape index (κ1) is 13.5. The molecule has 0 spiro atoms. The summed E-state index contributed by atoms with van der Waals surface area (Å²) in [5, 5.41) is 0. The van der Waals surface area contributed by atoms with E-state index in [-0.39, 0.29) is 0 Å². The Morgan fingerprint density at radius 1 is 1.11 bits per heavy atom. The van der Waals surface area contributed by atoms with Gasteiger partial charge in [0.05, 0.1) is 0 Å². The van der Waals surface area contributed by atoms with Gasteiger partial charge in [-0.1, -0.05) is 34.1 Å². The number of anilines is 1. The normalized spacial score (nSPS) is 10.6. The Morgan fingerprint density at radius 2 is 1.78 bits per heavy atom. The molecule has 0 aliphatic heterocycles. The van der Waals surface area contributed by atoms with Crippen molar-refractivity contribution in [1.82, 2.24) is 0 Å². The molecule has 2 aromatic carbocycles. The summed E-state index contributed by atoms with van der Waals surface area (Å²) in [6.45, 7) is 4.32. The molecule has 2 N–H and O–H groups in total. The van der Waals surface area contributed by atoms with Gasteiger partial charge in [-0.15, -0.1) is 11.8 Å². The number of benzene rings is 2. The zero-order valence-electron chi connectivity index (χ0n) is 10.5. The molecule has 2 aromatic rings. The molecule has 0 unspecified atom stereocenters. The Bertz CT molecular complexity index is 546. The van der Waals surface area contributed by atoms with Crippen LogP contribution in [0.2, 0.25) is 0 Å². The van der Waals surface area contributed by atoms with Crippen LogP contribution in [0.3, 0.4) is 0 Å². The van der Waals surface area contributed by atoms with Gasteiger partial charge in [-0.3, -0.25) is 0 Å². The first-order chi connectivity index (χ1) is 8.58. The molecule has 0 aliphatic rings. The van der Waals surface area contributed by atoms with Gasteiger partial charge in [0.2, 0.25) is 0 Å². The molecule has 0 amide bonds. The van der Waals surface area contributed by atoms with Crippen LogP contribution in [0.5, 0.6) is 0 Å². The van der Waals surface area contributed by atoms with E-state index >= 15 is 0 Å². The van der Waals surface area contributed by atoms with Gasteiger partial charge in [0.1, 0.15) is 0 Å². The van der Waals surface area contributed by atoms with Crippen molar-refractivity contribution < 1.29 is 0 Å². The fourth-order valence-electron chi connectivity index (χ4n) is 1.88. The predicted molar refractivity (Wildman–Crippen MR) is 84.0 cm³/mol. The van der Waals surface area contributed by atoms with E-state index in [0.717, 1.165) is 20.8 Å². The molecule has 0 saturated heterocycles. The number of nitrogen functional groups attached to an aromatic ring is 1. The van der Waals surface area contributed by atoms with Gasteiger partial charge in [0.15, 0.2) is 0 Å². The summed E-state index contributed by atoms with van der Waals surface area (Å²) in [4.78, 5) is 1.14. The minimum atomic E-state index is 0.834. The highest BCUT2D eigenvalue weighted by Gasteiger charge is 2.05. The second-order valence-corrected chi connectivity index (χ2v) is 6.27. The lowest BCUT2D eigenvalue weighted by atomic mass is 10.1. The van der Waals surface area contributed by atoms with E-state index in [4.69, 9.17) is 5.73 Å². The summed E-state index contributed by atoms with van der Waals surface area (Å²) in [7, 11) is 0. The standard InChI is InChI=1S/C15H16BrNS/c1-10-4-3-5-11(2)13(10)9-18-15-7-6-12(16)8-14(15)17/h3-8H,9,17H2,1-2H3. The van der Waals surface area contributed by atoms with Gasteiger partial charge in [0.25, 0.3) is 0 Å². The van der Waals surface area contributed by atoms with Crippen molar-refractivity contribution in [3.05, 3.63) is 57.6 Å². The highest BCUT2D eigenvalue weighted by molar-refractivity contribution is 9.10. The molecule has 0 saturated carbocycles. The van der Waals surface area contributed by atoms with Crippen LogP contribution < -0.4 is 5.73 Å². The Morgan fingerprint density at radius 3 is 2.39 bits per heavy atom. The van der Waals surface area contributed by atoms with E-state index in [9.17, 15) is 0 Å². The molecule has 0 heterocycles. The zero-order chi connectivity index (χ0) is 13.1. The highest BCUT2D eigenvalue weighted by atomic mass is 79.9. The third-order valence-electron chi connectivity index (χ3n) is 2.99. The van der Waals surface area contributed by atoms with Crippen LogP contribution in [0.4, 0.5) is 5.69 Å². The molecule has 2 rings (SSSR count). The molecule has 0 atom stereocenters. The van der Waals surface area contributed by atoms with Crippen molar-refractivity contribution in [3.8, 4) is 0 Å². The van der Waals surface area contributed by atoms with Crippen molar-refractivity contribution in [1.29, 1.82) is 0 Å². The molecule has 94 valence electrons. The summed E-state index contributed by atoms with van der Waals surface area (Å²) in [5.41, 5.74) is 10.9. The van der Waals surface area contributed by atoms with Gasteiger partial charge in [0, 0.05) is 20.8 Å². The van der Waals surface area contributed by atoms with Crippen molar-refractivity contribution in [2.24, 2.45) is 0 Å². The van der Waals surface area contributed by atoms with Crippen LogP contribution in [0.15, 0.2) is 45.8 Å². The Labute approximate surface area is 121 Å². The number of hydrogen-bond donors (Lipinski definition) is 1.